The number of Topliss-reactive ketones (excluding diaryl/α,β-unsaturated/α-hetero) is 1. The molecule has 4 rings (SSSR count). The molecule has 5 heteroatoms. The predicted octanol–water partition coefficient (Wildman–Crippen LogP) is 6.85. The fourth-order valence-corrected chi connectivity index (χ4v) is 8.69. The molecule has 4 aliphatic carbocycles. The Morgan fingerprint density at radius 3 is 2.35 bits per heavy atom. The Balaban J connectivity index is 1.67. The van der Waals surface area contributed by atoms with E-state index in [9.17, 15) is 14.4 Å². The summed E-state index contributed by atoms with van der Waals surface area (Å²) in [5.41, 5.74) is -0.0647. The van der Waals surface area contributed by atoms with Crippen LogP contribution in [0, 0.1) is 46.3 Å². The highest BCUT2D eigenvalue weighted by atomic mass is 16.6. The summed E-state index contributed by atoms with van der Waals surface area (Å²) < 4.78 is 11.7. The second-order valence-electron chi connectivity index (χ2n) is 13.6. The van der Waals surface area contributed by atoms with E-state index >= 15 is 0 Å². The molecule has 0 radical (unpaired) electrons. The quantitative estimate of drug-likeness (QED) is 0.288. The normalized spacial score (nSPS) is 40.9. The third-order valence-corrected chi connectivity index (χ3v) is 11.0. The summed E-state index contributed by atoms with van der Waals surface area (Å²) in [5, 5.41) is 0. The molecule has 0 amide bonds. The van der Waals surface area contributed by atoms with Gasteiger partial charge in [-0.25, -0.2) is 0 Å². The lowest BCUT2D eigenvalue weighted by Gasteiger charge is -2.61. The van der Waals surface area contributed by atoms with Crippen LogP contribution in [0.2, 0.25) is 0 Å². The Morgan fingerprint density at radius 2 is 1.73 bits per heavy atom. The molecule has 0 aromatic rings. The minimum absolute atomic E-state index is 0.0447. The van der Waals surface area contributed by atoms with Gasteiger partial charge in [-0.05, 0) is 60.7 Å². The molecule has 3 fully saturated rings. The van der Waals surface area contributed by atoms with Crippen molar-refractivity contribution in [3.63, 3.8) is 0 Å². The maximum atomic E-state index is 14.2. The molecule has 0 saturated heterocycles. The molecule has 3 saturated carbocycles. The van der Waals surface area contributed by atoms with Crippen LogP contribution >= 0.6 is 0 Å². The maximum Gasteiger partial charge on any atom is 0.303 e. The van der Waals surface area contributed by atoms with Crippen LogP contribution in [0.15, 0.2) is 23.8 Å². The van der Waals surface area contributed by atoms with Crippen LogP contribution in [0.25, 0.3) is 0 Å². The first-order chi connectivity index (χ1) is 17.2. The molecule has 0 N–H and O–H groups in total. The average molecular weight is 513 g/mol. The van der Waals surface area contributed by atoms with Crippen LogP contribution in [-0.2, 0) is 23.9 Å². The Labute approximate surface area is 223 Å². The van der Waals surface area contributed by atoms with Crippen molar-refractivity contribution in [2.75, 3.05) is 0 Å². The summed E-state index contributed by atoms with van der Waals surface area (Å²) >= 11 is 0. The SMILES string of the molecule is CC(=O)O[C@@H]1CC[C@]2(C)[C@@H]3C(=O)C[C@]4(C)[C@H](CC[C@H]4[C@H](C)/C=C/[C@H](C)C(C)C)C3=CC[C@@]2(OC(C)=O)C1. The van der Waals surface area contributed by atoms with Gasteiger partial charge in [0.2, 0.25) is 0 Å². The van der Waals surface area contributed by atoms with Gasteiger partial charge in [-0.2, -0.15) is 0 Å². The molecule has 9 atom stereocenters. The third-order valence-electron chi connectivity index (χ3n) is 11.0. The van der Waals surface area contributed by atoms with Crippen LogP contribution in [0.1, 0.15) is 100 Å². The fourth-order valence-electron chi connectivity index (χ4n) is 8.69. The second kappa shape index (κ2) is 10.0. The number of fused-ring (bicyclic) bond motifs is 5. The van der Waals surface area contributed by atoms with Crippen molar-refractivity contribution in [2.24, 2.45) is 46.3 Å². The zero-order valence-corrected chi connectivity index (χ0v) is 24.3. The average Bonchev–Trinajstić information content (AvgIpc) is 3.13. The first-order valence-corrected chi connectivity index (χ1v) is 14.5. The molecule has 37 heavy (non-hydrogen) atoms. The molecule has 0 unspecified atom stereocenters. The largest absolute Gasteiger partial charge is 0.462 e. The number of carbonyl (C=O) groups excluding carboxylic acids is 3. The van der Waals surface area contributed by atoms with E-state index in [0.717, 1.165) is 12.8 Å². The van der Waals surface area contributed by atoms with Crippen LogP contribution in [-0.4, -0.2) is 29.4 Å². The summed E-state index contributed by atoms with van der Waals surface area (Å²) in [6, 6.07) is 0. The van der Waals surface area contributed by atoms with Crippen molar-refractivity contribution >= 4 is 17.7 Å². The third kappa shape index (κ3) is 4.74. The highest BCUT2D eigenvalue weighted by Crippen LogP contribution is 2.67. The lowest BCUT2D eigenvalue weighted by molar-refractivity contribution is -0.209. The first kappa shape index (κ1) is 28.1. The number of esters is 2. The van der Waals surface area contributed by atoms with E-state index in [4.69, 9.17) is 9.47 Å². The summed E-state index contributed by atoms with van der Waals surface area (Å²) in [6.07, 6.45) is 12.0. The van der Waals surface area contributed by atoms with Crippen molar-refractivity contribution in [2.45, 2.75) is 112 Å². The molecule has 0 aromatic carbocycles. The number of allylic oxidation sites excluding steroid dienone is 3. The van der Waals surface area contributed by atoms with Gasteiger partial charge in [0.1, 0.15) is 17.5 Å². The molecule has 0 aliphatic heterocycles. The van der Waals surface area contributed by atoms with E-state index in [-0.39, 0.29) is 29.4 Å². The minimum Gasteiger partial charge on any atom is -0.462 e. The number of ether oxygens (including phenoxy) is 2. The van der Waals surface area contributed by atoms with Gasteiger partial charge in [0, 0.05) is 44.4 Å². The number of carbonyl (C=O) groups is 3. The Bertz CT molecular complexity index is 993. The van der Waals surface area contributed by atoms with Gasteiger partial charge in [0.15, 0.2) is 0 Å². The van der Waals surface area contributed by atoms with Crippen LogP contribution < -0.4 is 0 Å². The Hall–Kier alpha value is -1.91. The molecule has 206 valence electrons. The summed E-state index contributed by atoms with van der Waals surface area (Å²) in [7, 11) is 0. The molecular formula is C32H48O5. The van der Waals surface area contributed by atoms with E-state index in [1.54, 1.807) is 0 Å². The van der Waals surface area contributed by atoms with Crippen molar-refractivity contribution in [3.8, 4) is 0 Å². The van der Waals surface area contributed by atoms with Gasteiger partial charge in [0.25, 0.3) is 0 Å². The van der Waals surface area contributed by atoms with Crippen molar-refractivity contribution in [3.05, 3.63) is 23.8 Å². The molecule has 0 spiro atoms. The molecule has 0 aromatic heterocycles. The van der Waals surface area contributed by atoms with Crippen LogP contribution in [0.4, 0.5) is 0 Å². The lowest BCUT2D eigenvalue weighted by Crippen LogP contribution is -2.63. The Kier molecular flexibility index (Phi) is 7.60. The molecule has 4 aliphatic rings. The molecule has 0 heterocycles. The number of hydrogen-bond acceptors (Lipinski definition) is 5. The monoisotopic (exact) mass is 512 g/mol. The van der Waals surface area contributed by atoms with E-state index in [2.05, 4.69) is 59.8 Å². The van der Waals surface area contributed by atoms with Crippen molar-refractivity contribution in [1.82, 2.24) is 0 Å². The zero-order chi connectivity index (χ0) is 27.3. The highest BCUT2D eigenvalue weighted by molar-refractivity contribution is 5.88. The van der Waals surface area contributed by atoms with E-state index in [1.165, 1.54) is 19.4 Å². The van der Waals surface area contributed by atoms with Gasteiger partial charge < -0.3 is 9.47 Å². The van der Waals surface area contributed by atoms with E-state index in [0.29, 0.717) is 67.5 Å². The topological polar surface area (TPSA) is 69.7 Å². The fraction of sp³-hybridized carbons (Fsp3) is 0.781. The van der Waals surface area contributed by atoms with E-state index in [1.807, 2.05) is 0 Å². The van der Waals surface area contributed by atoms with Crippen molar-refractivity contribution < 1.29 is 23.9 Å². The van der Waals surface area contributed by atoms with Gasteiger partial charge in [-0.15, -0.1) is 0 Å². The first-order valence-electron chi connectivity index (χ1n) is 14.5. The van der Waals surface area contributed by atoms with Gasteiger partial charge in [-0.3, -0.25) is 14.4 Å². The van der Waals surface area contributed by atoms with Gasteiger partial charge in [0.05, 0.1) is 0 Å². The molecular weight excluding hydrogens is 464 g/mol. The van der Waals surface area contributed by atoms with Crippen molar-refractivity contribution in [1.29, 1.82) is 0 Å². The van der Waals surface area contributed by atoms with Crippen LogP contribution in [0.3, 0.4) is 0 Å². The summed E-state index contributed by atoms with van der Waals surface area (Å²) in [5.74, 6) is 1.87. The van der Waals surface area contributed by atoms with E-state index < -0.39 is 11.0 Å². The second-order valence-corrected chi connectivity index (χ2v) is 13.6. The maximum absolute atomic E-state index is 14.2. The minimum atomic E-state index is -0.824. The zero-order valence-electron chi connectivity index (χ0n) is 24.3. The number of hydrogen-bond donors (Lipinski definition) is 0. The van der Waals surface area contributed by atoms with Gasteiger partial charge >= 0.3 is 11.9 Å². The molecule has 5 nitrogen and oxygen atoms in total. The number of rotatable bonds is 6. The van der Waals surface area contributed by atoms with Crippen LogP contribution in [0.5, 0.6) is 0 Å². The molecule has 0 bridgehead atoms. The number of ketones is 1. The highest BCUT2D eigenvalue weighted by Gasteiger charge is 2.67. The standard InChI is InChI=1S/C32H48O5/c1-19(2)20(3)9-10-21(4)26-11-12-27-25-14-16-32(37-23(6)34)17-24(36-22(5)33)13-15-31(32,8)29(25)28(35)18-30(26,27)7/h9-10,14,19-21,24,26-27,29H,11-13,15-18H2,1-8H3/b10-9+/t20-,21+,24+,26-,27+,29-,30-,31+,32+/m0/s1. The lowest BCUT2D eigenvalue weighted by atomic mass is 9.45. The summed E-state index contributed by atoms with van der Waals surface area (Å²) in [6.45, 7) is 16.5. The Morgan fingerprint density at radius 1 is 1.03 bits per heavy atom. The predicted molar refractivity (Wildman–Crippen MR) is 144 cm³/mol. The van der Waals surface area contributed by atoms with Gasteiger partial charge in [-0.1, -0.05) is 65.3 Å². The smallest absolute Gasteiger partial charge is 0.303 e. The summed E-state index contributed by atoms with van der Waals surface area (Å²) in [4.78, 5) is 38.2.